The van der Waals surface area contributed by atoms with Crippen LogP contribution in [0.4, 0.5) is 0 Å². The fourth-order valence-corrected chi connectivity index (χ4v) is 2.13. The van der Waals surface area contributed by atoms with Gasteiger partial charge in [-0.05, 0) is 44.8 Å². The lowest BCUT2D eigenvalue weighted by Gasteiger charge is -2.18. The van der Waals surface area contributed by atoms with Crippen LogP contribution in [0.1, 0.15) is 12.5 Å². The quantitative estimate of drug-likeness (QED) is 0.859. The van der Waals surface area contributed by atoms with Crippen LogP contribution in [0.5, 0.6) is 0 Å². The van der Waals surface area contributed by atoms with E-state index in [-0.39, 0.29) is 0 Å². The molecule has 4 nitrogen and oxygen atoms in total. The van der Waals surface area contributed by atoms with Crippen LogP contribution in [0.2, 0.25) is 0 Å². The van der Waals surface area contributed by atoms with Crippen molar-refractivity contribution in [3.8, 4) is 5.69 Å². The Balaban J connectivity index is 1.96. The third-order valence-corrected chi connectivity index (χ3v) is 2.97. The minimum atomic E-state index is 0.475. The fourth-order valence-electron chi connectivity index (χ4n) is 2.13. The van der Waals surface area contributed by atoms with E-state index in [1.54, 1.807) is 6.20 Å². The molecule has 0 aliphatic rings. The summed E-state index contributed by atoms with van der Waals surface area (Å²) in [4.78, 5) is 2.19. The molecule has 0 saturated carbocycles. The molecule has 4 heteroatoms. The SMILES string of the molecule is CC(CN(C)C)NCc1cccc(-n2cccn2)c1. The number of likely N-dealkylation sites (N-methyl/N-ethyl adjacent to an activating group) is 1. The average molecular weight is 258 g/mol. The van der Waals surface area contributed by atoms with E-state index in [9.17, 15) is 0 Å². The molecule has 0 radical (unpaired) electrons. The summed E-state index contributed by atoms with van der Waals surface area (Å²) in [6.07, 6.45) is 3.76. The van der Waals surface area contributed by atoms with Gasteiger partial charge in [0.05, 0.1) is 5.69 Å². The summed E-state index contributed by atoms with van der Waals surface area (Å²) in [7, 11) is 4.19. The molecule has 102 valence electrons. The second kappa shape index (κ2) is 6.50. The Hall–Kier alpha value is -1.65. The van der Waals surface area contributed by atoms with E-state index in [0.29, 0.717) is 6.04 Å². The second-order valence-corrected chi connectivity index (χ2v) is 5.16. The summed E-state index contributed by atoms with van der Waals surface area (Å²) >= 11 is 0. The van der Waals surface area contributed by atoms with E-state index in [2.05, 4.69) is 60.6 Å². The molecule has 0 aliphatic carbocycles. The predicted molar refractivity (Wildman–Crippen MR) is 78.4 cm³/mol. The standard InChI is InChI=1S/C15H22N4/c1-13(12-18(2)3)16-11-14-6-4-7-15(10-14)19-9-5-8-17-19/h4-10,13,16H,11-12H2,1-3H3. The van der Waals surface area contributed by atoms with Gasteiger partial charge < -0.3 is 10.2 Å². The van der Waals surface area contributed by atoms with Crippen LogP contribution in [-0.2, 0) is 6.54 Å². The third-order valence-electron chi connectivity index (χ3n) is 2.97. The van der Waals surface area contributed by atoms with Crippen LogP contribution < -0.4 is 5.32 Å². The molecule has 0 bridgehead atoms. The number of benzene rings is 1. The van der Waals surface area contributed by atoms with Gasteiger partial charge in [0.15, 0.2) is 0 Å². The zero-order valence-electron chi connectivity index (χ0n) is 11.9. The van der Waals surface area contributed by atoms with E-state index in [0.717, 1.165) is 18.8 Å². The molecular weight excluding hydrogens is 236 g/mol. The highest BCUT2D eigenvalue weighted by Crippen LogP contribution is 2.09. The Morgan fingerprint density at radius 2 is 2.16 bits per heavy atom. The molecular formula is C15H22N4. The molecule has 1 atom stereocenters. The Labute approximate surface area is 115 Å². The highest BCUT2D eigenvalue weighted by Gasteiger charge is 2.03. The number of rotatable bonds is 6. The van der Waals surface area contributed by atoms with Crippen LogP contribution in [0, 0.1) is 0 Å². The molecule has 0 saturated heterocycles. The van der Waals surface area contributed by atoms with Gasteiger partial charge in [0, 0.05) is 31.5 Å². The minimum Gasteiger partial charge on any atom is -0.309 e. The first-order valence-electron chi connectivity index (χ1n) is 6.62. The lowest BCUT2D eigenvalue weighted by Crippen LogP contribution is -2.35. The Kier molecular flexibility index (Phi) is 4.71. The Morgan fingerprint density at radius 1 is 1.32 bits per heavy atom. The molecule has 1 aromatic carbocycles. The summed E-state index contributed by atoms with van der Waals surface area (Å²) in [5.74, 6) is 0. The van der Waals surface area contributed by atoms with E-state index in [1.807, 2.05) is 16.9 Å². The molecule has 1 N–H and O–H groups in total. The monoisotopic (exact) mass is 258 g/mol. The van der Waals surface area contributed by atoms with Crippen molar-refractivity contribution >= 4 is 0 Å². The van der Waals surface area contributed by atoms with Gasteiger partial charge in [0.25, 0.3) is 0 Å². The first-order chi connectivity index (χ1) is 9.15. The summed E-state index contributed by atoms with van der Waals surface area (Å²) in [6.45, 7) is 4.13. The van der Waals surface area contributed by atoms with Crippen LogP contribution >= 0.6 is 0 Å². The first-order valence-corrected chi connectivity index (χ1v) is 6.62. The van der Waals surface area contributed by atoms with Crippen LogP contribution in [0.25, 0.3) is 5.69 Å². The molecule has 0 aliphatic heterocycles. The van der Waals surface area contributed by atoms with Gasteiger partial charge in [-0.1, -0.05) is 12.1 Å². The lowest BCUT2D eigenvalue weighted by molar-refractivity contribution is 0.349. The van der Waals surface area contributed by atoms with Crippen molar-refractivity contribution in [2.75, 3.05) is 20.6 Å². The number of nitrogens with one attached hydrogen (secondary N) is 1. The van der Waals surface area contributed by atoms with E-state index < -0.39 is 0 Å². The van der Waals surface area contributed by atoms with Gasteiger partial charge in [-0.15, -0.1) is 0 Å². The maximum atomic E-state index is 4.25. The number of nitrogens with zero attached hydrogens (tertiary/aromatic N) is 3. The zero-order valence-corrected chi connectivity index (χ0v) is 11.9. The van der Waals surface area contributed by atoms with Crippen molar-refractivity contribution in [2.45, 2.75) is 19.5 Å². The van der Waals surface area contributed by atoms with E-state index in [4.69, 9.17) is 0 Å². The topological polar surface area (TPSA) is 33.1 Å². The highest BCUT2D eigenvalue weighted by atomic mass is 15.3. The lowest BCUT2D eigenvalue weighted by atomic mass is 10.2. The fraction of sp³-hybridized carbons (Fsp3) is 0.400. The maximum absolute atomic E-state index is 4.25. The smallest absolute Gasteiger partial charge is 0.0648 e. The van der Waals surface area contributed by atoms with Crippen molar-refractivity contribution in [1.29, 1.82) is 0 Å². The summed E-state index contributed by atoms with van der Waals surface area (Å²) < 4.78 is 1.88. The van der Waals surface area contributed by atoms with E-state index >= 15 is 0 Å². The molecule has 1 heterocycles. The summed E-state index contributed by atoms with van der Waals surface area (Å²) in [5.41, 5.74) is 2.38. The van der Waals surface area contributed by atoms with Crippen molar-refractivity contribution < 1.29 is 0 Å². The largest absolute Gasteiger partial charge is 0.309 e. The van der Waals surface area contributed by atoms with E-state index in [1.165, 1.54) is 5.56 Å². The number of hydrogen-bond donors (Lipinski definition) is 1. The minimum absolute atomic E-state index is 0.475. The van der Waals surface area contributed by atoms with Crippen LogP contribution in [-0.4, -0.2) is 41.4 Å². The molecule has 2 rings (SSSR count). The Morgan fingerprint density at radius 3 is 2.84 bits per heavy atom. The molecule has 1 unspecified atom stereocenters. The van der Waals surface area contributed by atoms with Crippen molar-refractivity contribution in [2.24, 2.45) is 0 Å². The zero-order chi connectivity index (χ0) is 13.7. The summed E-state index contributed by atoms with van der Waals surface area (Å²) in [5, 5.41) is 7.78. The molecule has 2 aromatic rings. The maximum Gasteiger partial charge on any atom is 0.0648 e. The van der Waals surface area contributed by atoms with Crippen molar-refractivity contribution in [3.63, 3.8) is 0 Å². The van der Waals surface area contributed by atoms with Gasteiger partial charge in [-0.2, -0.15) is 5.10 Å². The highest BCUT2D eigenvalue weighted by molar-refractivity contribution is 5.34. The molecule has 0 amide bonds. The molecule has 0 spiro atoms. The van der Waals surface area contributed by atoms with Gasteiger partial charge in [0.1, 0.15) is 0 Å². The average Bonchev–Trinajstić information content (AvgIpc) is 2.90. The number of aromatic nitrogens is 2. The van der Waals surface area contributed by atoms with Gasteiger partial charge in [0.2, 0.25) is 0 Å². The van der Waals surface area contributed by atoms with Crippen LogP contribution in [0.3, 0.4) is 0 Å². The van der Waals surface area contributed by atoms with Crippen molar-refractivity contribution in [3.05, 3.63) is 48.3 Å². The number of hydrogen-bond acceptors (Lipinski definition) is 3. The predicted octanol–water partition coefficient (Wildman–Crippen LogP) is 1.91. The molecule has 0 fully saturated rings. The molecule has 19 heavy (non-hydrogen) atoms. The van der Waals surface area contributed by atoms with Gasteiger partial charge in [-0.3, -0.25) is 0 Å². The normalized spacial score (nSPS) is 12.8. The Bertz CT molecular complexity index is 491. The van der Waals surface area contributed by atoms with Gasteiger partial charge >= 0.3 is 0 Å². The third kappa shape index (κ3) is 4.19. The summed E-state index contributed by atoms with van der Waals surface area (Å²) in [6, 6.07) is 10.9. The van der Waals surface area contributed by atoms with Crippen molar-refractivity contribution in [1.82, 2.24) is 20.0 Å². The first kappa shape index (κ1) is 13.8. The van der Waals surface area contributed by atoms with Gasteiger partial charge in [-0.25, -0.2) is 4.68 Å². The molecule has 1 aromatic heterocycles. The van der Waals surface area contributed by atoms with Crippen LogP contribution in [0.15, 0.2) is 42.7 Å². The second-order valence-electron chi connectivity index (χ2n) is 5.16.